The van der Waals surface area contributed by atoms with Crippen LogP contribution in [0.4, 0.5) is 0 Å². The summed E-state index contributed by atoms with van der Waals surface area (Å²) in [5, 5.41) is 21.1. The van der Waals surface area contributed by atoms with Crippen LogP contribution < -0.4 is 10.1 Å². The molecule has 0 aromatic heterocycles. The van der Waals surface area contributed by atoms with Crippen LogP contribution in [0.3, 0.4) is 0 Å². The van der Waals surface area contributed by atoms with Crippen molar-refractivity contribution in [2.24, 2.45) is 0 Å². The predicted octanol–water partition coefficient (Wildman–Crippen LogP) is 1.06. The minimum absolute atomic E-state index is 0.216. The van der Waals surface area contributed by atoms with Crippen molar-refractivity contribution in [1.29, 1.82) is 0 Å². The molecule has 0 heterocycles. The van der Waals surface area contributed by atoms with Crippen LogP contribution in [0.1, 0.15) is 22.3 Å². The minimum atomic E-state index is -0.703. The van der Waals surface area contributed by atoms with E-state index in [2.05, 4.69) is 18.3 Å². The Bertz CT molecular complexity index is 405. The fourth-order valence-corrected chi connectivity index (χ4v) is 2.08. The van der Waals surface area contributed by atoms with Gasteiger partial charge < -0.3 is 20.3 Å². The van der Waals surface area contributed by atoms with Crippen molar-refractivity contribution in [2.75, 3.05) is 20.3 Å². The molecule has 0 radical (unpaired) electrons. The summed E-state index contributed by atoms with van der Waals surface area (Å²) in [6.07, 6.45) is -0.703. The van der Waals surface area contributed by atoms with E-state index in [1.165, 1.54) is 11.1 Å². The molecule has 0 aliphatic heterocycles. The van der Waals surface area contributed by atoms with Gasteiger partial charge in [0, 0.05) is 13.1 Å². The van der Waals surface area contributed by atoms with E-state index in [-0.39, 0.29) is 6.61 Å². The number of benzene rings is 1. The number of aliphatic hydroxyl groups is 2. The third-order valence-corrected chi connectivity index (χ3v) is 3.24. The average molecular weight is 253 g/mol. The molecule has 1 rings (SSSR count). The first-order valence-corrected chi connectivity index (χ1v) is 6.14. The first-order chi connectivity index (χ1) is 8.51. The molecule has 1 unspecified atom stereocenters. The zero-order valence-corrected chi connectivity index (χ0v) is 11.6. The Balaban J connectivity index is 2.78. The number of rotatable bonds is 6. The Hall–Kier alpha value is -1.10. The molecule has 1 aromatic carbocycles. The Morgan fingerprint density at radius 1 is 1.28 bits per heavy atom. The summed E-state index contributed by atoms with van der Waals surface area (Å²) in [5.41, 5.74) is 4.65. The summed E-state index contributed by atoms with van der Waals surface area (Å²) in [4.78, 5) is 0. The van der Waals surface area contributed by atoms with Crippen LogP contribution in [0.2, 0.25) is 0 Å². The van der Waals surface area contributed by atoms with Crippen molar-refractivity contribution < 1.29 is 14.9 Å². The summed E-state index contributed by atoms with van der Waals surface area (Å²) >= 11 is 0. The van der Waals surface area contributed by atoms with E-state index >= 15 is 0 Å². The third-order valence-electron chi connectivity index (χ3n) is 3.24. The fourth-order valence-electron chi connectivity index (χ4n) is 2.08. The van der Waals surface area contributed by atoms with Crippen LogP contribution >= 0.6 is 0 Å². The molecule has 0 amide bonds. The number of hydrogen-bond donors (Lipinski definition) is 3. The van der Waals surface area contributed by atoms with Crippen LogP contribution in [0.5, 0.6) is 5.75 Å². The molecule has 0 bridgehead atoms. The molecule has 1 aromatic rings. The minimum Gasteiger partial charge on any atom is -0.496 e. The maximum absolute atomic E-state index is 9.26. The Morgan fingerprint density at radius 2 is 1.94 bits per heavy atom. The maximum atomic E-state index is 9.26. The van der Waals surface area contributed by atoms with Crippen molar-refractivity contribution in [3.8, 4) is 5.75 Å². The number of ether oxygens (including phenoxy) is 1. The lowest BCUT2D eigenvalue weighted by Gasteiger charge is -2.16. The second-order valence-electron chi connectivity index (χ2n) is 4.60. The smallest absolute Gasteiger partial charge is 0.124 e. The van der Waals surface area contributed by atoms with Crippen molar-refractivity contribution in [1.82, 2.24) is 5.32 Å². The molecule has 0 saturated heterocycles. The van der Waals surface area contributed by atoms with Crippen LogP contribution in [0.15, 0.2) is 6.07 Å². The normalized spacial score (nSPS) is 12.6. The van der Waals surface area contributed by atoms with Crippen molar-refractivity contribution in [2.45, 2.75) is 33.4 Å². The van der Waals surface area contributed by atoms with Crippen LogP contribution in [0, 0.1) is 20.8 Å². The summed E-state index contributed by atoms with van der Waals surface area (Å²) < 4.78 is 5.38. The van der Waals surface area contributed by atoms with E-state index in [1.807, 2.05) is 13.8 Å². The van der Waals surface area contributed by atoms with E-state index < -0.39 is 6.10 Å². The van der Waals surface area contributed by atoms with Crippen LogP contribution in [-0.4, -0.2) is 36.6 Å². The highest BCUT2D eigenvalue weighted by atomic mass is 16.5. The lowest BCUT2D eigenvalue weighted by Crippen LogP contribution is -2.29. The highest BCUT2D eigenvalue weighted by Gasteiger charge is 2.10. The van der Waals surface area contributed by atoms with E-state index in [4.69, 9.17) is 9.84 Å². The lowest BCUT2D eigenvalue weighted by molar-refractivity contribution is 0.0942. The largest absolute Gasteiger partial charge is 0.496 e. The molecule has 0 saturated carbocycles. The topological polar surface area (TPSA) is 61.7 Å². The molecule has 4 heteroatoms. The van der Waals surface area contributed by atoms with Gasteiger partial charge in [-0.2, -0.15) is 0 Å². The predicted molar refractivity (Wildman–Crippen MR) is 72.0 cm³/mol. The maximum Gasteiger partial charge on any atom is 0.124 e. The first-order valence-electron chi connectivity index (χ1n) is 6.14. The molecule has 0 aliphatic rings. The van der Waals surface area contributed by atoms with Gasteiger partial charge in [0.1, 0.15) is 5.75 Å². The molecular formula is C14H23NO3. The van der Waals surface area contributed by atoms with Crippen LogP contribution in [-0.2, 0) is 6.54 Å². The highest BCUT2D eigenvalue weighted by Crippen LogP contribution is 2.28. The summed E-state index contributed by atoms with van der Waals surface area (Å²) in [6.45, 7) is 6.99. The number of hydrogen-bond acceptors (Lipinski definition) is 4. The molecule has 4 nitrogen and oxygen atoms in total. The number of aryl methyl sites for hydroxylation is 1. The first kappa shape index (κ1) is 15.0. The summed E-state index contributed by atoms with van der Waals surface area (Å²) in [6, 6.07) is 2.10. The Labute approximate surface area is 109 Å². The van der Waals surface area contributed by atoms with Gasteiger partial charge in [0.15, 0.2) is 0 Å². The zero-order valence-electron chi connectivity index (χ0n) is 11.6. The number of nitrogens with one attached hydrogen (secondary N) is 1. The van der Waals surface area contributed by atoms with Crippen molar-refractivity contribution >= 4 is 0 Å². The summed E-state index contributed by atoms with van der Waals surface area (Å²) in [7, 11) is 1.68. The van der Waals surface area contributed by atoms with Gasteiger partial charge in [-0.1, -0.05) is 6.07 Å². The van der Waals surface area contributed by atoms with Gasteiger partial charge in [-0.05, 0) is 43.0 Å². The molecule has 102 valence electrons. The average Bonchev–Trinajstić information content (AvgIpc) is 2.35. The van der Waals surface area contributed by atoms with Crippen molar-refractivity contribution in [3.63, 3.8) is 0 Å². The monoisotopic (exact) mass is 253 g/mol. The van der Waals surface area contributed by atoms with E-state index in [0.29, 0.717) is 13.1 Å². The van der Waals surface area contributed by atoms with Gasteiger partial charge >= 0.3 is 0 Å². The second-order valence-corrected chi connectivity index (χ2v) is 4.60. The van der Waals surface area contributed by atoms with Gasteiger partial charge in [0.05, 0.1) is 19.8 Å². The number of methoxy groups -OCH3 is 1. The SMILES string of the molecule is COc1c(C)cc(CNCC(O)CO)c(C)c1C. The van der Waals surface area contributed by atoms with Gasteiger partial charge in [0.25, 0.3) is 0 Å². The molecule has 0 aliphatic carbocycles. The fraction of sp³-hybridized carbons (Fsp3) is 0.571. The molecule has 18 heavy (non-hydrogen) atoms. The number of aliphatic hydroxyl groups excluding tert-OH is 2. The van der Waals surface area contributed by atoms with Gasteiger partial charge in [-0.3, -0.25) is 0 Å². The molecule has 0 spiro atoms. The van der Waals surface area contributed by atoms with Crippen LogP contribution in [0.25, 0.3) is 0 Å². The summed E-state index contributed by atoms with van der Waals surface area (Å²) in [5.74, 6) is 0.937. The van der Waals surface area contributed by atoms with E-state index in [0.717, 1.165) is 16.9 Å². The van der Waals surface area contributed by atoms with Gasteiger partial charge in [-0.15, -0.1) is 0 Å². The highest BCUT2D eigenvalue weighted by molar-refractivity contribution is 5.48. The zero-order chi connectivity index (χ0) is 13.7. The van der Waals surface area contributed by atoms with Gasteiger partial charge in [0.2, 0.25) is 0 Å². The third kappa shape index (κ3) is 3.45. The molecule has 1 atom stereocenters. The van der Waals surface area contributed by atoms with E-state index in [9.17, 15) is 5.11 Å². The quantitative estimate of drug-likeness (QED) is 0.709. The Morgan fingerprint density at radius 3 is 2.50 bits per heavy atom. The molecular weight excluding hydrogens is 230 g/mol. The van der Waals surface area contributed by atoms with E-state index in [1.54, 1.807) is 7.11 Å². The Kier molecular flexibility index (Phi) is 5.59. The standard InChI is InChI=1S/C14H23NO3/c1-9-5-12(6-15-7-13(17)8-16)10(2)11(3)14(9)18-4/h5,13,15-17H,6-8H2,1-4H3. The second kappa shape index (κ2) is 6.73. The molecule has 0 fully saturated rings. The lowest BCUT2D eigenvalue weighted by atomic mass is 9.98. The van der Waals surface area contributed by atoms with Crippen molar-refractivity contribution in [3.05, 3.63) is 28.3 Å². The van der Waals surface area contributed by atoms with Gasteiger partial charge in [-0.25, -0.2) is 0 Å². The molecule has 3 N–H and O–H groups in total.